The summed E-state index contributed by atoms with van der Waals surface area (Å²) in [5.74, 6) is 0. The van der Waals surface area contributed by atoms with Crippen LogP contribution in [0.25, 0.3) is 0 Å². The van der Waals surface area contributed by atoms with E-state index in [-0.39, 0.29) is 6.09 Å². The van der Waals surface area contributed by atoms with Gasteiger partial charge in [0.15, 0.2) is 0 Å². The van der Waals surface area contributed by atoms with Crippen molar-refractivity contribution in [3.63, 3.8) is 0 Å². The summed E-state index contributed by atoms with van der Waals surface area (Å²) in [7, 11) is 0. The molecule has 1 amide bonds. The number of alkyl carbamates (subject to hydrolysis) is 1. The summed E-state index contributed by atoms with van der Waals surface area (Å²) in [6.07, 6.45) is 5.64. The molecule has 4 nitrogen and oxygen atoms in total. The van der Waals surface area contributed by atoms with E-state index in [0.29, 0.717) is 6.54 Å². The lowest BCUT2D eigenvalue weighted by Gasteiger charge is -2.22. The third-order valence-corrected chi connectivity index (χ3v) is 2.98. The summed E-state index contributed by atoms with van der Waals surface area (Å²) in [5, 5.41) is 2.82. The van der Waals surface area contributed by atoms with Gasteiger partial charge >= 0.3 is 6.09 Å². The van der Waals surface area contributed by atoms with Crippen molar-refractivity contribution in [2.75, 3.05) is 26.2 Å². The molecule has 0 heterocycles. The number of unbranched alkanes of at least 4 members (excludes halogenated alkanes) is 2. The van der Waals surface area contributed by atoms with Gasteiger partial charge in [-0.3, -0.25) is 0 Å². The first-order chi connectivity index (χ1) is 9.39. The SMILES string of the molecule is CCCCN(CCCC)CCCNC(=O)OC(C)(C)C. The second-order valence-corrected chi connectivity index (χ2v) is 6.33. The fourth-order valence-electron chi connectivity index (χ4n) is 1.91. The van der Waals surface area contributed by atoms with Gasteiger partial charge in [-0.2, -0.15) is 0 Å². The molecule has 0 aromatic rings. The second kappa shape index (κ2) is 11.0. The Morgan fingerprint density at radius 2 is 1.50 bits per heavy atom. The van der Waals surface area contributed by atoms with Crippen molar-refractivity contribution >= 4 is 6.09 Å². The van der Waals surface area contributed by atoms with Crippen LogP contribution in [0.2, 0.25) is 0 Å². The van der Waals surface area contributed by atoms with E-state index in [1.54, 1.807) is 0 Å². The molecule has 20 heavy (non-hydrogen) atoms. The van der Waals surface area contributed by atoms with Gasteiger partial charge in [0, 0.05) is 6.54 Å². The Morgan fingerprint density at radius 3 is 1.95 bits per heavy atom. The van der Waals surface area contributed by atoms with Gasteiger partial charge in [-0.25, -0.2) is 4.79 Å². The number of hydrogen-bond donors (Lipinski definition) is 1. The van der Waals surface area contributed by atoms with Crippen LogP contribution in [0.15, 0.2) is 0 Å². The number of carbonyl (C=O) groups is 1. The van der Waals surface area contributed by atoms with Gasteiger partial charge in [0.2, 0.25) is 0 Å². The third kappa shape index (κ3) is 12.3. The quantitative estimate of drug-likeness (QED) is 0.621. The monoisotopic (exact) mass is 286 g/mol. The van der Waals surface area contributed by atoms with Gasteiger partial charge in [0.25, 0.3) is 0 Å². The lowest BCUT2D eigenvalue weighted by atomic mass is 10.2. The Morgan fingerprint density at radius 1 is 1.00 bits per heavy atom. The molecule has 0 aliphatic carbocycles. The zero-order valence-corrected chi connectivity index (χ0v) is 14.1. The molecule has 0 radical (unpaired) electrons. The molecule has 0 aliphatic heterocycles. The van der Waals surface area contributed by atoms with Crippen molar-refractivity contribution in [1.29, 1.82) is 0 Å². The highest BCUT2D eigenvalue weighted by molar-refractivity contribution is 5.67. The Hall–Kier alpha value is -0.770. The average Bonchev–Trinajstić information content (AvgIpc) is 2.34. The van der Waals surface area contributed by atoms with Gasteiger partial charge in [-0.15, -0.1) is 0 Å². The van der Waals surface area contributed by atoms with E-state index in [1.165, 1.54) is 38.8 Å². The molecule has 0 rings (SSSR count). The number of nitrogens with zero attached hydrogens (tertiary/aromatic N) is 1. The molecule has 0 aromatic heterocycles. The second-order valence-electron chi connectivity index (χ2n) is 6.33. The lowest BCUT2D eigenvalue weighted by molar-refractivity contribution is 0.0525. The normalized spacial score (nSPS) is 11.7. The fourth-order valence-corrected chi connectivity index (χ4v) is 1.91. The molecule has 0 fully saturated rings. The van der Waals surface area contributed by atoms with Crippen LogP contribution in [0, 0.1) is 0 Å². The predicted octanol–water partition coefficient (Wildman–Crippen LogP) is 3.80. The molecule has 120 valence electrons. The van der Waals surface area contributed by atoms with Crippen LogP contribution in [0.3, 0.4) is 0 Å². The molecule has 0 aromatic carbocycles. The molecule has 0 spiro atoms. The summed E-state index contributed by atoms with van der Waals surface area (Å²) in [6, 6.07) is 0. The van der Waals surface area contributed by atoms with Crippen molar-refractivity contribution in [2.45, 2.75) is 72.3 Å². The fraction of sp³-hybridized carbons (Fsp3) is 0.938. The maximum absolute atomic E-state index is 11.5. The van der Waals surface area contributed by atoms with E-state index in [1.807, 2.05) is 20.8 Å². The van der Waals surface area contributed by atoms with E-state index in [4.69, 9.17) is 4.74 Å². The maximum atomic E-state index is 11.5. The summed E-state index contributed by atoms with van der Waals surface area (Å²) < 4.78 is 5.21. The van der Waals surface area contributed by atoms with Crippen LogP contribution in [-0.2, 0) is 4.74 Å². The molecule has 0 aliphatic rings. The summed E-state index contributed by atoms with van der Waals surface area (Å²) in [5.41, 5.74) is -0.418. The summed E-state index contributed by atoms with van der Waals surface area (Å²) in [4.78, 5) is 14.0. The van der Waals surface area contributed by atoms with Gasteiger partial charge in [0.1, 0.15) is 5.60 Å². The highest BCUT2D eigenvalue weighted by Crippen LogP contribution is 2.06. The molecule has 0 unspecified atom stereocenters. The molecule has 4 heteroatoms. The Bertz CT molecular complexity index is 241. The number of carbonyl (C=O) groups excluding carboxylic acids is 1. The van der Waals surface area contributed by atoms with Crippen molar-refractivity contribution in [3.8, 4) is 0 Å². The van der Waals surface area contributed by atoms with E-state index >= 15 is 0 Å². The highest BCUT2D eigenvalue weighted by Gasteiger charge is 2.15. The minimum absolute atomic E-state index is 0.314. The molecule has 0 atom stereocenters. The van der Waals surface area contributed by atoms with Crippen LogP contribution in [0.4, 0.5) is 4.79 Å². The highest BCUT2D eigenvalue weighted by atomic mass is 16.6. The minimum atomic E-state index is -0.418. The van der Waals surface area contributed by atoms with Crippen molar-refractivity contribution in [3.05, 3.63) is 0 Å². The van der Waals surface area contributed by atoms with Crippen LogP contribution in [-0.4, -0.2) is 42.8 Å². The number of rotatable bonds is 10. The zero-order valence-electron chi connectivity index (χ0n) is 14.1. The lowest BCUT2D eigenvalue weighted by Crippen LogP contribution is -2.35. The minimum Gasteiger partial charge on any atom is -0.444 e. The molecular formula is C16H34N2O2. The standard InChI is InChI=1S/C16H34N2O2/c1-6-8-12-18(13-9-7-2)14-10-11-17-15(19)20-16(3,4)5/h6-14H2,1-5H3,(H,17,19). The Kier molecular flexibility index (Phi) is 10.5. The first-order valence-electron chi connectivity index (χ1n) is 8.08. The zero-order chi connectivity index (χ0) is 15.4. The van der Waals surface area contributed by atoms with Gasteiger partial charge in [-0.1, -0.05) is 26.7 Å². The number of ether oxygens (including phenoxy) is 1. The topological polar surface area (TPSA) is 41.6 Å². The van der Waals surface area contributed by atoms with Gasteiger partial charge in [-0.05, 0) is 59.7 Å². The van der Waals surface area contributed by atoms with Crippen molar-refractivity contribution in [2.24, 2.45) is 0 Å². The van der Waals surface area contributed by atoms with Gasteiger partial charge in [0.05, 0.1) is 0 Å². The Labute approximate surface area is 125 Å². The molecule has 0 bridgehead atoms. The van der Waals surface area contributed by atoms with Crippen LogP contribution in [0.1, 0.15) is 66.7 Å². The molecule has 0 saturated heterocycles. The van der Waals surface area contributed by atoms with Crippen molar-refractivity contribution < 1.29 is 9.53 Å². The van der Waals surface area contributed by atoms with E-state index in [2.05, 4.69) is 24.1 Å². The van der Waals surface area contributed by atoms with E-state index in [9.17, 15) is 4.79 Å². The first-order valence-corrected chi connectivity index (χ1v) is 8.08. The summed E-state index contributed by atoms with van der Waals surface area (Å²) in [6.45, 7) is 14.2. The summed E-state index contributed by atoms with van der Waals surface area (Å²) >= 11 is 0. The molecule has 0 saturated carbocycles. The van der Waals surface area contributed by atoms with E-state index < -0.39 is 5.60 Å². The van der Waals surface area contributed by atoms with Gasteiger partial charge < -0.3 is 15.0 Å². The number of hydrogen-bond acceptors (Lipinski definition) is 3. The largest absolute Gasteiger partial charge is 0.444 e. The van der Waals surface area contributed by atoms with Crippen LogP contribution >= 0.6 is 0 Å². The average molecular weight is 286 g/mol. The number of nitrogens with one attached hydrogen (secondary N) is 1. The predicted molar refractivity (Wildman–Crippen MR) is 85.1 cm³/mol. The van der Waals surface area contributed by atoms with Crippen LogP contribution < -0.4 is 5.32 Å². The smallest absolute Gasteiger partial charge is 0.407 e. The maximum Gasteiger partial charge on any atom is 0.407 e. The van der Waals surface area contributed by atoms with Crippen LogP contribution in [0.5, 0.6) is 0 Å². The number of amides is 1. The first kappa shape index (κ1) is 19.2. The Balaban J connectivity index is 3.78. The van der Waals surface area contributed by atoms with E-state index in [0.717, 1.165) is 13.0 Å². The molecule has 1 N–H and O–H groups in total. The molecular weight excluding hydrogens is 252 g/mol. The third-order valence-electron chi connectivity index (χ3n) is 2.98. The van der Waals surface area contributed by atoms with Crippen molar-refractivity contribution in [1.82, 2.24) is 10.2 Å².